The molecule has 0 radical (unpaired) electrons. The van der Waals surface area contributed by atoms with Crippen LogP contribution in [0.4, 0.5) is 0 Å². The van der Waals surface area contributed by atoms with Gasteiger partial charge in [0.2, 0.25) is 0 Å². The monoisotopic (exact) mass is 256 g/mol. The maximum absolute atomic E-state index is 4.48. The third-order valence-electron chi connectivity index (χ3n) is 3.62. The van der Waals surface area contributed by atoms with E-state index in [9.17, 15) is 0 Å². The summed E-state index contributed by atoms with van der Waals surface area (Å²) in [5, 5.41) is 7.72. The van der Waals surface area contributed by atoms with Gasteiger partial charge in [-0.15, -0.1) is 0 Å². The van der Waals surface area contributed by atoms with Crippen molar-refractivity contribution >= 4 is 0 Å². The van der Waals surface area contributed by atoms with E-state index in [1.54, 1.807) is 0 Å². The molecule has 0 fully saturated rings. The number of rotatable bonds is 5. The molecule has 0 spiro atoms. The molecule has 2 aromatic rings. The first-order valence-corrected chi connectivity index (χ1v) is 7.05. The van der Waals surface area contributed by atoms with Crippen molar-refractivity contribution in [1.82, 2.24) is 20.1 Å². The predicted molar refractivity (Wildman–Crippen MR) is 75.0 cm³/mol. The molecule has 1 N–H and O–H groups in total. The number of fused-ring (bicyclic) bond motifs is 1. The van der Waals surface area contributed by atoms with E-state index in [2.05, 4.69) is 40.5 Å². The van der Waals surface area contributed by atoms with Gasteiger partial charge in [-0.25, -0.2) is 9.67 Å². The average Bonchev–Trinajstić information content (AvgIpc) is 3.05. The molecule has 0 aliphatic heterocycles. The summed E-state index contributed by atoms with van der Waals surface area (Å²) in [7, 11) is 0. The van der Waals surface area contributed by atoms with Crippen LogP contribution in [0.1, 0.15) is 35.9 Å². The lowest BCUT2D eigenvalue weighted by molar-refractivity contribution is 0.642. The van der Waals surface area contributed by atoms with Crippen LogP contribution in [0.5, 0.6) is 0 Å². The van der Waals surface area contributed by atoms with Gasteiger partial charge in [-0.1, -0.05) is 25.1 Å². The van der Waals surface area contributed by atoms with E-state index in [0.717, 1.165) is 25.5 Å². The Balaban J connectivity index is 1.69. The van der Waals surface area contributed by atoms with Gasteiger partial charge in [0.1, 0.15) is 6.33 Å². The molecule has 4 heteroatoms. The highest BCUT2D eigenvalue weighted by Crippen LogP contribution is 2.23. The summed E-state index contributed by atoms with van der Waals surface area (Å²) in [6.07, 6.45) is 5.59. The predicted octanol–water partition coefficient (Wildman–Crippen LogP) is 1.92. The Labute approximate surface area is 113 Å². The van der Waals surface area contributed by atoms with Crippen LogP contribution in [0, 0.1) is 0 Å². The SMILES string of the molecule is CCNCc1ncn(Cc2ccc3c(c2)CCC3)n1. The third-order valence-corrected chi connectivity index (χ3v) is 3.62. The van der Waals surface area contributed by atoms with Crippen molar-refractivity contribution in [3.8, 4) is 0 Å². The van der Waals surface area contributed by atoms with Crippen molar-refractivity contribution in [1.29, 1.82) is 0 Å². The molecule has 0 amide bonds. The molecule has 0 saturated heterocycles. The minimum Gasteiger partial charge on any atom is -0.310 e. The Kier molecular flexibility index (Phi) is 3.60. The molecular weight excluding hydrogens is 236 g/mol. The third kappa shape index (κ3) is 2.84. The summed E-state index contributed by atoms with van der Waals surface area (Å²) in [6.45, 7) is 4.58. The normalized spacial score (nSPS) is 13.7. The highest BCUT2D eigenvalue weighted by Gasteiger charge is 2.11. The smallest absolute Gasteiger partial charge is 0.164 e. The summed E-state index contributed by atoms with van der Waals surface area (Å²) in [5.74, 6) is 0.864. The molecule has 1 aliphatic rings. The Hall–Kier alpha value is -1.68. The fraction of sp³-hybridized carbons (Fsp3) is 0.467. The first-order chi connectivity index (χ1) is 9.35. The minimum absolute atomic E-state index is 0.744. The summed E-state index contributed by atoms with van der Waals surface area (Å²) >= 11 is 0. The molecule has 1 aliphatic carbocycles. The van der Waals surface area contributed by atoms with Crippen LogP contribution in [-0.2, 0) is 25.9 Å². The van der Waals surface area contributed by atoms with Crippen molar-refractivity contribution in [2.45, 2.75) is 39.3 Å². The Morgan fingerprint density at radius 3 is 3.05 bits per heavy atom. The fourth-order valence-electron chi connectivity index (χ4n) is 2.64. The summed E-state index contributed by atoms with van der Waals surface area (Å²) < 4.78 is 1.92. The van der Waals surface area contributed by atoms with Crippen molar-refractivity contribution in [3.63, 3.8) is 0 Å². The van der Waals surface area contributed by atoms with Gasteiger partial charge in [-0.05, 0) is 42.5 Å². The molecule has 0 saturated carbocycles. The highest BCUT2D eigenvalue weighted by molar-refractivity contribution is 5.35. The molecule has 3 rings (SSSR count). The molecule has 0 bridgehead atoms. The van der Waals surface area contributed by atoms with Crippen molar-refractivity contribution < 1.29 is 0 Å². The lowest BCUT2D eigenvalue weighted by Crippen LogP contribution is -2.13. The summed E-state index contributed by atoms with van der Waals surface area (Å²) in [5.41, 5.74) is 4.36. The molecule has 100 valence electrons. The van der Waals surface area contributed by atoms with Gasteiger partial charge >= 0.3 is 0 Å². The quantitative estimate of drug-likeness (QED) is 0.889. The second-order valence-corrected chi connectivity index (χ2v) is 5.10. The van der Waals surface area contributed by atoms with Crippen LogP contribution < -0.4 is 5.32 Å². The highest BCUT2D eigenvalue weighted by atomic mass is 15.3. The van der Waals surface area contributed by atoms with Gasteiger partial charge in [-0.3, -0.25) is 0 Å². The van der Waals surface area contributed by atoms with Gasteiger partial charge in [0, 0.05) is 0 Å². The van der Waals surface area contributed by atoms with E-state index in [-0.39, 0.29) is 0 Å². The van der Waals surface area contributed by atoms with E-state index in [1.807, 2.05) is 11.0 Å². The average molecular weight is 256 g/mol. The molecule has 1 heterocycles. The molecule has 1 aromatic carbocycles. The van der Waals surface area contributed by atoms with Gasteiger partial charge < -0.3 is 5.32 Å². The van der Waals surface area contributed by atoms with Crippen molar-refractivity contribution in [2.75, 3.05) is 6.54 Å². The van der Waals surface area contributed by atoms with E-state index in [0.29, 0.717) is 0 Å². The summed E-state index contributed by atoms with van der Waals surface area (Å²) in [6, 6.07) is 6.82. The molecule has 0 atom stereocenters. The second kappa shape index (κ2) is 5.53. The first kappa shape index (κ1) is 12.4. The number of nitrogens with zero attached hydrogens (tertiary/aromatic N) is 3. The number of hydrogen-bond acceptors (Lipinski definition) is 3. The summed E-state index contributed by atoms with van der Waals surface area (Å²) in [4.78, 5) is 4.31. The maximum Gasteiger partial charge on any atom is 0.164 e. The first-order valence-electron chi connectivity index (χ1n) is 7.05. The zero-order chi connectivity index (χ0) is 13.1. The van der Waals surface area contributed by atoms with Gasteiger partial charge in [0.25, 0.3) is 0 Å². The second-order valence-electron chi connectivity index (χ2n) is 5.10. The molecular formula is C15H20N4. The number of hydrogen-bond donors (Lipinski definition) is 1. The Morgan fingerprint density at radius 2 is 2.16 bits per heavy atom. The Bertz CT molecular complexity index is 559. The van der Waals surface area contributed by atoms with Crippen LogP contribution in [0.25, 0.3) is 0 Å². The largest absolute Gasteiger partial charge is 0.310 e. The standard InChI is InChI=1S/C15H20N4/c1-2-16-9-15-17-11-19(18-15)10-12-6-7-13-4-3-5-14(13)8-12/h6-8,11,16H,2-5,9-10H2,1H3. The van der Waals surface area contributed by atoms with E-state index in [1.165, 1.54) is 36.0 Å². The van der Waals surface area contributed by atoms with Gasteiger partial charge in [0.05, 0.1) is 13.1 Å². The molecule has 4 nitrogen and oxygen atoms in total. The number of benzene rings is 1. The van der Waals surface area contributed by atoms with Crippen LogP contribution in [0.15, 0.2) is 24.5 Å². The Morgan fingerprint density at radius 1 is 1.26 bits per heavy atom. The number of aryl methyl sites for hydroxylation is 2. The number of aromatic nitrogens is 3. The van der Waals surface area contributed by atoms with Crippen LogP contribution >= 0.6 is 0 Å². The zero-order valence-corrected chi connectivity index (χ0v) is 11.4. The minimum atomic E-state index is 0.744. The van der Waals surface area contributed by atoms with Crippen molar-refractivity contribution in [3.05, 3.63) is 47.0 Å². The van der Waals surface area contributed by atoms with Crippen LogP contribution in [0.3, 0.4) is 0 Å². The van der Waals surface area contributed by atoms with Crippen LogP contribution in [0.2, 0.25) is 0 Å². The van der Waals surface area contributed by atoms with E-state index >= 15 is 0 Å². The molecule has 19 heavy (non-hydrogen) atoms. The molecule has 1 aromatic heterocycles. The lowest BCUT2D eigenvalue weighted by atomic mass is 10.1. The van der Waals surface area contributed by atoms with Gasteiger partial charge in [-0.2, -0.15) is 5.10 Å². The van der Waals surface area contributed by atoms with E-state index in [4.69, 9.17) is 0 Å². The molecule has 0 unspecified atom stereocenters. The fourth-order valence-corrected chi connectivity index (χ4v) is 2.64. The van der Waals surface area contributed by atoms with Crippen LogP contribution in [-0.4, -0.2) is 21.3 Å². The van der Waals surface area contributed by atoms with Crippen molar-refractivity contribution in [2.24, 2.45) is 0 Å². The topological polar surface area (TPSA) is 42.7 Å². The van der Waals surface area contributed by atoms with E-state index < -0.39 is 0 Å². The van der Waals surface area contributed by atoms with Gasteiger partial charge in [0.15, 0.2) is 5.82 Å². The maximum atomic E-state index is 4.48. The number of nitrogens with one attached hydrogen (secondary N) is 1. The lowest BCUT2D eigenvalue weighted by Gasteiger charge is -2.04. The zero-order valence-electron chi connectivity index (χ0n) is 11.4.